The lowest BCUT2D eigenvalue weighted by molar-refractivity contribution is 0.0956. The molecule has 0 fully saturated rings. The summed E-state index contributed by atoms with van der Waals surface area (Å²) in [6.45, 7) is 2.75. The summed E-state index contributed by atoms with van der Waals surface area (Å²) < 4.78 is 0. The van der Waals surface area contributed by atoms with Gasteiger partial charge in [0.15, 0.2) is 0 Å². The zero-order valence-electron chi connectivity index (χ0n) is 16.4. The minimum atomic E-state index is -0.0187. The quantitative estimate of drug-likeness (QED) is 0.299. The molecule has 0 radical (unpaired) electrons. The molecule has 150 valence electrons. The molecule has 1 N–H and O–H groups in total. The molecule has 0 spiro atoms. The highest BCUT2D eigenvalue weighted by atomic mass is 35.5. The number of nitrogens with one attached hydrogen (secondary N) is 1. The number of carbonyl (C=O) groups is 1. The lowest BCUT2D eigenvalue weighted by atomic mass is 10.1. The fourth-order valence-corrected chi connectivity index (χ4v) is 4.46. The molecule has 0 atom stereocenters. The highest BCUT2D eigenvalue weighted by Gasteiger charge is 2.05. The number of amides is 1. The van der Waals surface area contributed by atoms with Crippen LogP contribution in [0.5, 0.6) is 0 Å². The first kappa shape index (κ1) is 21.8. The Hall–Kier alpha value is -1.88. The molecule has 29 heavy (non-hydrogen) atoms. The lowest BCUT2D eigenvalue weighted by Gasteiger charge is -2.07. The Morgan fingerprint density at radius 2 is 1.48 bits per heavy atom. The van der Waals surface area contributed by atoms with Crippen molar-refractivity contribution in [2.24, 2.45) is 0 Å². The van der Waals surface area contributed by atoms with Gasteiger partial charge in [0.1, 0.15) is 0 Å². The number of hydrogen-bond acceptors (Lipinski definition) is 3. The number of carbonyl (C=O) groups excluding carboxylic acids is 1. The number of halogens is 1. The van der Waals surface area contributed by atoms with Crippen LogP contribution in [0.15, 0.2) is 77.7 Å². The van der Waals surface area contributed by atoms with Crippen LogP contribution in [0, 0.1) is 6.92 Å². The summed E-state index contributed by atoms with van der Waals surface area (Å²) in [4.78, 5) is 13.6. The van der Waals surface area contributed by atoms with Gasteiger partial charge < -0.3 is 5.32 Å². The van der Waals surface area contributed by atoms with Crippen molar-refractivity contribution in [3.8, 4) is 0 Å². The van der Waals surface area contributed by atoms with Crippen molar-refractivity contribution in [3.63, 3.8) is 0 Å². The number of benzene rings is 3. The maximum absolute atomic E-state index is 12.3. The topological polar surface area (TPSA) is 29.1 Å². The van der Waals surface area contributed by atoms with Crippen LogP contribution in [0.2, 0.25) is 5.02 Å². The average molecular weight is 442 g/mol. The first-order chi connectivity index (χ1) is 14.1. The van der Waals surface area contributed by atoms with Crippen molar-refractivity contribution in [1.82, 2.24) is 5.32 Å². The average Bonchev–Trinajstić information content (AvgIpc) is 2.74. The molecule has 3 aromatic rings. The zero-order chi connectivity index (χ0) is 20.5. The van der Waals surface area contributed by atoms with Crippen LogP contribution in [0.3, 0.4) is 0 Å². The van der Waals surface area contributed by atoms with E-state index in [0.717, 1.165) is 22.3 Å². The SMILES string of the molecule is Cc1ccc(SCc2ccc(C(=O)NCCSCc3ccc(Cl)cc3)cc2)cc1. The van der Waals surface area contributed by atoms with E-state index in [1.54, 1.807) is 23.5 Å². The standard InChI is InChI=1S/C24H24ClNOS2/c1-18-2-12-23(13-3-18)29-17-20-4-8-21(9-5-20)24(27)26-14-15-28-16-19-6-10-22(25)11-7-19/h2-13H,14-17H2,1H3,(H,26,27). The molecule has 0 aliphatic heterocycles. The van der Waals surface area contributed by atoms with Gasteiger partial charge >= 0.3 is 0 Å². The van der Waals surface area contributed by atoms with Gasteiger partial charge in [-0.1, -0.05) is 53.6 Å². The second kappa shape index (κ2) is 11.3. The molecular weight excluding hydrogens is 418 g/mol. The molecule has 3 rings (SSSR count). The van der Waals surface area contributed by atoms with E-state index in [1.165, 1.54) is 21.6 Å². The van der Waals surface area contributed by atoms with E-state index >= 15 is 0 Å². The van der Waals surface area contributed by atoms with Gasteiger partial charge in [-0.15, -0.1) is 11.8 Å². The molecule has 0 unspecified atom stereocenters. The second-order valence-electron chi connectivity index (χ2n) is 6.73. The third-order valence-corrected chi connectivity index (χ3v) is 6.72. The molecule has 0 saturated heterocycles. The number of thioether (sulfide) groups is 2. The predicted octanol–water partition coefficient (Wildman–Crippen LogP) is 6.60. The minimum Gasteiger partial charge on any atom is -0.351 e. The van der Waals surface area contributed by atoms with Crippen LogP contribution >= 0.6 is 35.1 Å². The Balaban J connectivity index is 1.37. The molecule has 3 aromatic carbocycles. The van der Waals surface area contributed by atoms with Crippen molar-refractivity contribution in [2.75, 3.05) is 12.3 Å². The molecule has 5 heteroatoms. The molecular formula is C24H24ClNOS2. The summed E-state index contributed by atoms with van der Waals surface area (Å²) in [5.41, 5.74) is 4.43. The van der Waals surface area contributed by atoms with Gasteiger partial charge in [0.2, 0.25) is 0 Å². The van der Waals surface area contributed by atoms with Gasteiger partial charge in [0.25, 0.3) is 5.91 Å². The number of rotatable bonds is 9. The van der Waals surface area contributed by atoms with Crippen molar-refractivity contribution in [1.29, 1.82) is 0 Å². The number of aryl methyl sites for hydroxylation is 1. The van der Waals surface area contributed by atoms with E-state index in [0.29, 0.717) is 12.1 Å². The van der Waals surface area contributed by atoms with Crippen LogP contribution in [0.4, 0.5) is 0 Å². The molecule has 0 saturated carbocycles. The Morgan fingerprint density at radius 3 is 2.17 bits per heavy atom. The van der Waals surface area contributed by atoms with Crippen LogP contribution in [-0.2, 0) is 11.5 Å². The third kappa shape index (κ3) is 7.46. The molecule has 0 aromatic heterocycles. The monoisotopic (exact) mass is 441 g/mol. The fraction of sp³-hybridized carbons (Fsp3) is 0.208. The summed E-state index contributed by atoms with van der Waals surface area (Å²) in [6.07, 6.45) is 0. The predicted molar refractivity (Wildman–Crippen MR) is 127 cm³/mol. The molecule has 0 aliphatic carbocycles. The molecule has 1 amide bonds. The van der Waals surface area contributed by atoms with Gasteiger partial charge in [-0.3, -0.25) is 4.79 Å². The van der Waals surface area contributed by atoms with E-state index in [9.17, 15) is 4.79 Å². The van der Waals surface area contributed by atoms with E-state index in [-0.39, 0.29) is 5.91 Å². The van der Waals surface area contributed by atoms with Gasteiger partial charge in [-0.25, -0.2) is 0 Å². The lowest BCUT2D eigenvalue weighted by Crippen LogP contribution is -2.25. The van der Waals surface area contributed by atoms with E-state index in [2.05, 4.69) is 36.5 Å². The molecule has 0 aliphatic rings. The summed E-state index contributed by atoms with van der Waals surface area (Å²) in [5, 5.41) is 3.75. The van der Waals surface area contributed by atoms with Gasteiger partial charge in [-0.05, 0) is 54.4 Å². The summed E-state index contributed by atoms with van der Waals surface area (Å²) >= 11 is 9.49. The summed E-state index contributed by atoms with van der Waals surface area (Å²) in [6, 6.07) is 24.3. The molecule has 2 nitrogen and oxygen atoms in total. The van der Waals surface area contributed by atoms with E-state index < -0.39 is 0 Å². The Morgan fingerprint density at radius 1 is 0.862 bits per heavy atom. The maximum Gasteiger partial charge on any atom is 0.251 e. The molecule has 0 heterocycles. The first-order valence-corrected chi connectivity index (χ1v) is 12.0. The minimum absolute atomic E-state index is 0.0187. The van der Waals surface area contributed by atoms with Crippen LogP contribution in [0.1, 0.15) is 27.0 Å². The molecule has 0 bridgehead atoms. The van der Waals surface area contributed by atoms with Crippen molar-refractivity contribution >= 4 is 41.0 Å². The van der Waals surface area contributed by atoms with E-state index in [1.807, 2.05) is 48.5 Å². The van der Waals surface area contributed by atoms with Crippen molar-refractivity contribution in [3.05, 3.63) is 100 Å². The smallest absolute Gasteiger partial charge is 0.251 e. The third-order valence-electron chi connectivity index (χ3n) is 4.36. The van der Waals surface area contributed by atoms with Crippen LogP contribution in [-0.4, -0.2) is 18.2 Å². The number of hydrogen-bond donors (Lipinski definition) is 1. The summed E-state index contributed by atoms with van der Waals surface area (Å²) in [7, 11) is 0. The van der Waals surface area contributed by atoms with Gasteiger partial charge in [-0.2, -0.15) is 11.8 Å². The Kier molecular flexibility index (Phi) is 8.53. The first-order valence-electron chi connectivity index (χ1n) is 9.49. The Labute approximate surface area is 186 Å². The summed E-state index contributed by atoms with van der Waals surface area (Å²) in [5.74, 6) is 2.67. The zero-order valence-corrected chi connectivity index (χ0v) is 18.7. The van der Waals surface area contributed by atoms with Crippen molar-refractivity contribution in [2.45, 2.75) is 23.3 Å². The van der Waals surface area contributed by atoms with Gasteiger partial charge in [0, 0.05) is 39.3 Å². The normalized spacial score (nSPS) is 10.7. The van der Waals surface area contributed by atoms with Gasteiger partial charge in [0.05, 0.1) is 0 Å². The second-order valence-corrected chi connectivity index (χ2v) is 9.32. The highest BCUT2D eigenvalue weighted by Crippen LogP contribution is 2.23. The maximum atomic E-state index is 12.3. The van der Waals surface area contributed by atoms with Crippen LogP contribution in [0.25, 0.3) is 0 Å². The van der Waals surface area contributed by atoms with E-state index in [4.69, 9.17) is 11.6 Å². The van der Waals surface area contributed by atoms with Crippen LogP contribution < -0.4 is 5.32 Å². The largest absolute Gasteiger partial charge is 0.351 e. The van der Waals surface area contributed by atoms with Crippen molar-refractivity contribution < 1.29 is 4.79 Å². The highest BCUT2D eigenvalue weighted by molar-refractivity contribution is 7.98. The Bertz CT molecular complexity index is 909. The fourth-order valence-electron chi connectivity index (χ4n) is 2.66.